The Morgan fingerprint density at radius 1 is 0.842 bits per heavy atom. The van der Waals surface area contributed by atoms with Gasteiger partial charge >= 0.3 is 0 Å². The molecule has 0 aromatic carbocycles. The fourth-order valence-electron chi connectivity index (χ4n) is 11.4. The first-order chi connectivity index (χ1) is 17.2. The van der Waals surface area contributed by atoms with Crippen LogP contribution in [0.5, 0.6) is 0 Å². The standard InChI is InChI=1S/C27H43NO9.ClH/c1-11-4-5-14-24(3,34)16-12(10-28(14)9-11)13-8-25-21(26(13,35)22(33)17(16)30)19(32)18(31)20-23(25,2)7-6-15(29)27(20,36)37-25;/h11-22,29-36H,4-10H2,1-3H3;1H/t11-,12-,13-,14-,15-,16+,17+,18-,19+,20-,21+,22-,23-,24+,25-,26-,27+;/m0./s1. The molecule has 17 atom stereocenters. The molecule has 4 saturated carbocycles. The van der Waals surface area contributed by atoms with Gasteiger partial charge in [0.2, 0.25) is 0 Å². The van der Waals surface area contributed by atoms with Gasteiger partial charge in [0.05, 0.1) is 35.4 Å². The maximum Gasteiger partial charge on any atom is 0.198 e. The van der Waals surface area contributed by atoms with Crippen LogP contribution in [0.15, 0.2) is 0 Å². The topological polar surface area (TPSA) is 174 Å². The SMILES string of the molecule is C[C@H]1CC[C@@H]2N(C1)C[C@@H]1[C@H]([C@@H](O)[C@H](O)[C@]3(O)[C@H]1C[C@]14O[C@@]5(O)[C@@H]([C@@H](O)[C@@H](O)[C@@H]31)[C@]4(C)CC[C@@H]5O)[C@]2(C)O.Cl. The van der Waals surface area contributed by atoms with Crippen LogP contribution in [0, 0.1) is 40.9 Å². The van der Waals surface area contributed by atoms with E-state index in [-0.39, 0.29) is 31.3 Å². The lowest BCUT2D eigenvalue weighted by molar-refractivity contribution is -0.296. The summed E-state index contributed by atoms with van der Waals surface area (Å²) < 4.78 is 6.42. The second-order valence-corrected chi connectivity index (χ2v) is 14.4. The van der Waals surface area contributed by atoms with Crippen molar-refractivity contribution in [1.82, 2.24) is 4.90 Å². The molecule has 10 nitrogen and oxygen atoms in total. The van der Waals surface area contributed by atoms with E-state index >= 15 is 0 Å². The lowest BCUT2D eigenvalue weighted by Crippen LogP contribution is -2.77. The number of piperidine rings is 2. The van der Waals surface area contributed by atoms with E-state index in [0.717, 1.165) is 19.4 Å². The molecule has 7 rings (SSSR count). The maximum absolute atomic E-state index is 12.5. The Morgan fingerprint density at radius 2 is 1.50 bits per heavy atom. The summed E-state index contributed by atoms with van der Waals surface area (Å²) in [5.74, 6) is -5.64. The second-order valence-electron chi connectivity index (χ2n) is 14.4. The van der Waals surface area contributed by atoms with Gasteiger partial charge < -0.3 is 45.6 Å². The van der Waals surface area contributed by atoms with Crippen molar-refractivity contribution >= 4 is 12.4 Å². The van der Waals surface area contributed by atoms with Gasteiger partial charge in [-0.3, -0.25) is 4.90 Å². The van der Waals surface area contributed by atoms with E-state index in [2.05, 4.69) is 11.8 Å². The summed E-state index contributed by atoms with van der Waals surface area (Å²) in [5.41, 5.74) is -5.58. The minimum Gasteiger partial charge on any atom is -0.390 e. The molecule has 3 aliphatic heterocycles. The Kier molecular flexibility index (Phi) is 5.93. The molecule has 218 valence electrons. The third kappa shape index (κ3) is 2.80. The monoisotopic (exact) mass is 561 g/mol. The molecular formula is C27H44ClNO9. The first kappa shape index (κ1) is 28.0. The van der Waals surface area contributed by atoms with E-state index in [0.29, 0.717) is 18.9 Å². The van der Waals surface area contributed by atoms with Crippen molar-refractivity contribution in [2.45, 2.75) is 112 Å². The molecule has 1 spiro atoms. The molecule has 11 heteroatoms. The summed E-state index contributed by atoms with van der Waals surface area (Å²) >= 11 is 0. The van der Waals surface area contributed by atoms with E-state index in [9.17, 15) is 40.9 Å². The number of fused-ring (bicyclic) bond motifs is 5. The van der Waals surface area contributed by atoms with Crippen LogP contribution in [0.4, 0.5) is 0 Å². The van der Waals surface area contributed by atoms with Crippen molar-refractivity contribution in [2.75, 3.05) is 13.1 Å². The van der Waals surface area contributed by atoms with Crippen LogP contribution in [0.1, 0.15) is 52.9 Å². The van der Waals surface area contributed by atoms with Crippen LogP contribution in [-0.2, 0) is 4.74 Å². The van der Waals surface area contributed by atoms with E-state index in [1.165, 1.54) is 0 Å². The summed E-state index contributed by atoms with van der Waals surface area (Å²) in [7, 11) is 0. The van der Waals surface area contributed by atoms with E-state index < -0.39 is 88.1 Å². The maximum atomic E-state index is 12.5. The number of rotatable bonds is 0. The van der Waals surface area contributed by atoms with Crippen molar-refractivity contribution in [3.05, 3.63) is 0 Å². The van der Waals surface area contributed by atoms with Gasteiger partial charge in [0.1, 0.15) is 17.8 Å². The number of hydrogen-bond acceptors (Lipinski definition) is 10. The average molecular weight is 562 g/mol. The molecular weight excluding hydrogens is 518 g/mol. The molecule has 7 aliphatic rings. The normalized spacial score (nSPS) is 66.7. The number of ether oxygens (including phenoxy) is 1. The zero-order valence-corrected chi connectivity index (χ0v) is 23.0. The fraction of sp³-hybridized carbons (Fsp3) is 1.00. The first-order valence-electron chi connectivity index (χ1n) is 14.2. The Labute approximate surface area is 229 Å². The number of halogens is 1. The van der Waals surface area contributed by atoms with Crippen LogP contribution in [0.3, 0.4) is 0 Å². The lowest BCUT2D eigenvalue weighted by Gasteiger charge is -2.63. The molecule has 4 aliphatic carbocycles. The van der Waals surface area contributed by atoms with Gasteiger partial charge in [-0.1, -0.05) is 13.8 Å². The van der Waals surface area contributed by atoms with Crippen LogP contribution < -0.4 is 0 Å². The van der Waals surface area contributed by atoms with Gasteiger partial charge in [-0.05, 0) is 56.8 Å². The number of nitrogens with zero attached hydrogens (tertiary/aromatic N) is 1. The molecule has 0 aromatic heterocycles. The molecule has 0 radical (unpaired) electrons. The van der Waals surface area contributed by atoms with Gasteiger partial charge in [0, 0.05) is 36.4 Å². The third-order valence-corrected chi connectivity index (χ3v) is 12.9. The highest BCUT2D eigenvalue weighted by atomic mass is 35.5. The van der Waals surface area contributed by atoms with Crippen molar-refractivity contribution in [3.63, 3.8) is 0 Å². The Hall–Kier alpha value is -0.110. The highest BCUT2D eigenvalue weighted by Gasteiger charge is 2.88. The molecule has 7 fully saturated rings. The average Bonchev–Trinajstić information content (AvgIpc) is 3.13. The fourth-order valence-corrected chi connectivity index (χ4v) is 11.4. The molecule has 0 amide bonds. The first-order valence-corrected chi connectivity index (χ1v) is 14.2. The number of aliphatic hydroxyl groups excluding tert-OH is 5. The zero-order valence-electron chi connectivity index (χ0n) is 22.2. The van der Waals surface area contributed by atoms with E-state index in [1.54, 1.807) is 6.92 Å². The number of hydrogen-bond donors (Lipinski definition) is 8. The number of aliphatic hydroxyl groups is 8. The zero-order chi connectivity index (χ0) is 26.7. The van der Waals surface area contributed by atoms with E-state index in [4.69, 9.17) is 4.74 Å². The Morgan fingerprint density at radius 3 is 2.18 bits per heavy atom. The molecule has 0 aromatic rings. The van der Waals surface area contributed by atoms with Gasteiger partial charge in [-0.15, -0.1) is 12.4 Å². The lowest BCUT2D eigenvalue weighted by atomic mass is 9.48. The van der Waals surface area contributed by atoms with Crippen LogP contribution >= 0.6 is 12.4 Å². The smallest absolute Gasteiger partial charge is 0.198 e. The van der Waals surface area contributed by atoms with Crippen molar-refractivity contribution in [1.29, 1.82) is 0 Å². The highest BCUT2D eigenvalue weighted by Crippen LogP contribution is 2.76. The predicted molar refractivity (Wildman–Crippen MR) is 135 cm³/mol. The van der Waals surface area contributed by atoms with Crippen LogP contribution in [-0.4, -0.2) is 118 Å². The molecule has 3 heterocycles. The van der Waals surface area contributed by atoms with Gasteiger partial charge in [0.15, 0.2) is 5.79 Å². The van der Waals surface area contributed by atoms with Crippen LogP contribution in [0.2, 0.25) is 0 Å². The predicted octanol–water partition coefficient (Wildman–Crippen LogP) is -1.42. The molecule has 8 N–H and O–H groups in total. The van der Waals surface area contributed by atoms with Crippen molar-refractivity contribution < 1.29 is 45.6 Å². The third-order valence-electron chi connectivity index (χ3n) is 12.9. The molecule has 4 bridgehead atoms. The summed E-state index contributed by atoms with van der Waals surface area (Å²) in [5, 5.41) is 92.8. The minimum absolute atomic E-state index is 0. The van der Waals surface area contributed by atoms with Crippen LogP contribution in [0.25, 0.3) is 0 Å². The molecule has 0 unspecified atom stereocenters. The minimum atomic E-state index is -2.10. The summed E-state index contributed by atoms with van der Waals surface area (Å²) in [6.07, 6.45) is -4.91. The molecule has 38 heavy (non-hydrogen) atoms. The van der Waals surface area contributed by atoms with Gasteiger partial charge in [-0.25, -0.2) is 0 Å². The van der Waals surface area contributed by atoms with Gasteiger partial charge in [-0.2, -0.15) is 0 Å². The quantitative estimate of drug-likeness (QED) is 0.175. The van der Waals surface area contributed by atoms with Crippen molar-refractivity contribution in [3.8, 4) is 0 Å². The summed E-state index contributed by atoms with van der Waals surface area (Å²) in [6.45, 7) is 7.08. The van der Waals surface area contributed by atoms with Gasteiger partial charge in [0.25, 0.3) is 0 Å². The highest BCUT2D eigenvalue weighted by molar-refractivity contribution is 5.85. The summed E-state index contributed by atoms with van der Waals surface area (Å²) in [4.78, 5) is 2.25. The van der Waals surface area contributed by atoms with E-state index in [1.807, 2.05) is 6.92 Å². The molecule has 3 saturated heterocycles. The largest absolute Gasteiger partial charge is 0.390 e. The Bertz CT molecular complexity index is 1000. The van der Waals surface area contributed by atoms with Crippen molar-refractivity contribution in [2.24, 2.45) is 40.9 Å². The summed E-state index contributed by atoms with van der Waals surface area (Å²) in [6, 6.07) is -0.174. The second kappa shape index (κ2) is 8.04. The Balaban J connectivity index is 0.00000264.